The molecule has 0 aliphatic heterocycles. The quantitative estimate of drug-likeness (QED) is 0.0757. The smallest absolute Gasteiger partial charge is 0.442 e. The Morgan fingerprint density at radius 1 is 0.600 bits per heavy atom. The third-order valence-electron chi connectivity index (χ3n) is 7.42. The summed E-state index contributed by atoms with van der Waals surface area (Å²) in [4.78, 5) is 45.2. The van der Waals surface area contributed by atoms with Gasteiger partial charge in [-0.05, 0) is 47.5 Å². The fraction of sp³-hybridized carbons (Fsp3) is 0.667. The number of carbonyl (C=O) groups is 4. The lowest BCUT2D eigenvalue weighted by Crippen LogP contribution is -2.58. The number of rotatable bonds is 12. The Bertz CT molecular complexity index is 1300. The lowest BCUT2D eigenvalue weighted by atomic mass is 9.85. The normalized spacial score (nSPS) is 13.5. The molecule has 0 saturated carbocycles. The second kappa shape index (κ2) is 16.2. The number of alkyl halides is 12. The van der Waals surface area contributed by atoms with E-state index in [1.54, 1.807) is 13.8 Å². The molecule has 0 bridgehead atoms. The number of hydrogen-bond donors (Lipinski definition) is 1. The zero-order chi connectivity index (χ0) is 39.9. The fourth-order valence-corrected chi connectivity index (χ4v) is 3.40. The monoisotopic (exact) mass is 752 g/mol. The van der Waals surface area contributed by atoms with Crippen LogP contribution in [0.1, 0.15) is 78.9 Å². The van der Waals surface area contributed by atoms with Crippen LogP contribution in [0.25, 0.3) is 0 Å². The Hall–Kier alpha value is -3.58. The average Bonchev–Trinajstić information content (AvgIpc) is 2.94. The molecule has 0 radical (unpaired) electrons. The summed E-state index contributed by atoms with van der Waals surface area (Å²) in [6.45, 7) is 9.95. The molecule has 0 spiro atoms. The van der Waals surface area contributed by atoms with Crippen molar-refractivity contribution in [3.63, 3.8) is 0 Å². The van der Waals surface area contributed by atoms with Crippen LogP contribution in [0, 0.1) is 10.8 Å². The molecule has 1 aromatic carbocycles. The van der Waals surface area contributed by atoms with Crippen LogP contribution in [-0.2, 0) is 44.6 Å². The number of carbonyl (C=O) groups excluding carboxylic acids is 4. The van der Waals surface area contributed by atoms with Gasteiger partial charge < -0.3 is 19.3 Å². The van der Waals surface area contributed by atoms with Crippen LogP contribution in [0.2, 0.25) is 0 Å². The van der Waals surface area contributed by atoms with E-state index in [0.717, 1.165) is 13.8 Å². The molecule has 20 heteroatoms. The van der Waals surface area contributed by atoms with Crippen LogP contribution in [0.4, 0.5) is 52.7 Å². The Morgan fingerprint density at radius 3 is 1.30 bits per heavy atom. The van der Waals surface area contributed by atoms with Crippen LogP contribution in [0.5, 0.6) is 0 Å². The van der Waals surface area contributed by atoms with Gasteiger partial charge in [0.2, 0.25) is 0 Å². The number of ether oxygens (including phenoxy) is 3. The minimum atomic E-state index is -6.43. The molecule has 50 heavy (non-hydrogen) atoms. The first kappa shape index (κ1) is 46.4. The zero-order valence-corrected chi connectivity index (χ0v) is 27.7. The summed E-state index contributed by atoms with van der Waals surface area (Å²) >= 11 is 0. The van der Waals surface area contributed by atoms with Crippen molar-refractivity contribution >= 4 is 23.7 Å². The lowest BCUT2D eigenvalue weighted by Gasteiger charge is -2.39. The third kappa shape index (κ3) is 10.7. The van der Waals surface area contributed by atoms with Crippen LogP contribution < -0.4 is 0 Å². The van der Waals surface area contributed by atoms with E-state index in [9.17, 15) is 77.0 Å². The van der Waals surface area contributed by atoms with E-state index in [4.69, 9.17) is 9.47 Å². The average molecular weight is 753 g/mol. The molecule has 1 aromatic rings. The van der Waals surface area contributed by atoms with E-state index >= 15 is 0 Å². The van der Waals surface area contributed by atoms with Gasteiger partial charge in [-0.2, -0.15) is 52.7 Å². The first-order valence-corrected chi connectivity index (χ1v) is 14.4. The third-order valence-corrected chi connectivity index (χ3v) is 7.42. The number of esters is 3. The number of ketones is 1. The van der Waals surface area contributed by atoms with Crippen LogP contribution in [0.3, 0.4) is 0 Å². The molecule has 0 atom stereocenters. The van der Waals surface area contributed by atoms with Gasteiger partial charge in [-0.3, -0.25) is 19.2 Å². The molecule has 0 aliphatic rings. The summed E-state index contributed by atoms with van der Waals surface area (Å²) in [6.07, 6.45) is -25.6. The van der Waals surface area contributed by atoms with Crippen molar-refractivity contribution in [3.8, 4) is 0 Å². The number of halogens is 12. The predicted octanol–water partition coefficient (Wildman–Crippen LogP) is 7.79. The number of benzene rings is 1. The van der Waals surface area contributed by atoms with Crippen molar-refractivity contribution in [1.82, 2.24) is 0 Å². The van der Waals surface area contributed by atoms with Gasteiger partial charge in [-0.15, -0.1) is 0 Å². The molecule has 288 valence electrons. The molecule has 0 aromatic heterocycles. The molecular weight excluding hydrogens is 716 g/mol. The predicted molar refractivity (Wildman–Crippen MR) is 148 cm³/mol. The molecule has 0 heterocycles. The van der Waals surface area contributed by atoms with Crippen molar-refractivity contribution in [2.45, 2.75) is 104 Å². The zero-order valence-electron chi connectivity index (χ0n) is 27.7. The van der Waals surface area contributed by atoms with Crippen LogP contribution in [0.15, 0.2) is 24.3 Å². The van der Waals surface area contributed by atoms with E-state index < -0.39 is 81.9 Å². The van der Waals surface area contributed by atoms with Gasteiger partial charge in [-0.25, -0.2) is 0 Å². The maximum absolute atomic E-state index is 13.7. The van der Waals surface area contributed by atoms with E-state index in [2.05, 4.69) is 4.74 Å². The summed E-state index contributed by atoms with van der Waals surface area (Å²) in [5.74, 6) is -3.14. The second-order valence-corrected chi connectivity index (χ2v) is 12.1. The molecule has 0 fully saturated rings. The highest BCUT2D eigenvalue weighted by molar-refractivity contribution is 5.94. The Balaban J connectivity index is 0.00000119. The van der Waals surface area contributed by atoms with Gasteiger partial charge >= 0.3 is 48.2 Å². The maximum atomic E-state index is 13.7. The minimum absolute atomic E-state index is 0.0162. The summed E-state index contributed by atoms with van der Waals surface area (Å²) in [7, 11) is 0. The van der Waals surface area contributed by atoms with Crippen molar-refractivity contribution in [2.75, 3.05) is 13.2 Å². The summed E-state index contributed by atoms with van der Waals surface area (Å²) in [5.41, 5.74) is -17.5. The lowest BCUT2D eigenvalue weighted by molar-refractivity contribution is -0.380. The van der Waals surface area contributed by atoms with Gasteiger partial charge in [0.1, 0.15) is 25.4 Å². The molecular formula is C30H36F12O8. The second-order valence-electron chi connectivity index (χ2n) is 12.1. The van der Waals surface area contributed by atoms with Gasteiger partial charge in [0.25, 0.3) is 5.60 Å². The Morgan fingerprint density at radius 2 is 0.960 bits per heavy atom. The van der Waals surface area contributed by atoms with Crippen molar-refractivity contribution in [1.29, 1.82) is 0 Å². The first-order chi connectivity index (χ1) is 22.2. The van der Waals surface area contributed by atoms with Crippen molar-refractivity contribution in [3.05, 3.63) is 35.4 Å². The van der Waals surface area contributed by atoms with Gasteiger partial charge in [0, 0.05) is 11.1 Å². The number of Topliss-reactive ketones (excluding diaryl/α,β-unsaturated/α-hetero) is 1. The van der Waals surface area contributed by atoms with Crippen LogP contribution >= 0.6 is 0 Å². The number of hydrogen-bond acceptors (Lipinski definition) is 8. The van der Waals surface area contributed by atoms with Crippen molar-refractivity contribution < 1.29 is 91.2 Å². The molecule has 1 N–H and O–H groups in total. The van der Waals surface area contributed by atoms with Gasteiger partial charge in [0.05, 0.1) is 10.8 Å². The van der Waals surface area contributed by atoms with Crippen molar-refractivity contribution in [2.24, 2.45) is 10.8 Å². The first-order valence-electron chi connectivity index (χ1n) is 14.4. The highest BCUT2D eigenvalue weighted by Crippen LogP contribution is 2.55. The molecule has 0 amide bonds. The molecule has 0 aliphatic carbocycles. The molecule has 0 saturated heterocycles. The summed E-state index contributed by atoms with van der Waals surface area (Å²) in [6, 6.07) is -1.60. The van der Waals surface area contributed by atoms with Gasteiger partial charge in [0.15, 0.2) is 0 Å². The summed E-state index contributed by atoms with van der Waals surface area (Å²) in [5, 5.41) is 9.27. The van der Waals surface area contributed by atoms with E-state index in [1.165, 1.54) is 13.8 Å². The standard InChI is InChI=1S/C18H16F12O3.C12H20O5/c1-4-12(2,3)11(31)33-14(17(25,26)27,18(28,29)30)10-7-5-9(6-8-10)13(32,15(19,20)21)16(22,23)24;1-5-12(3,4)11(15)17-7-6-16-10(14)8-9(2)13/h5-8,32H,4H2,1-3H3;5-8H2,1-4H3. The molecule has 1 rings (SSSR count). The Kier molecular flexibility index (Phi) is 15.0. The Labute approximate surface area is 278 Å². The largest absolute Gasteiger partial charge is 0.462 e. The number of aliphatic hydroxyl groups is 1. The highest BCUT2D eigenvalue weighted by Gasteiger charge is 2.76. The van der Waals surface area contributed by atoms with Crippen LogP contribution in [-0.4, -0.2) is 66.7 Å². The van der Waals surface area contributed by atoms with E-state index in [1.807, 2.05) is 6.92 Å². The summed E-state index contributed by atoms with van der Waals surface area (Å²) < 4.78 is 173. The molecule has 8 nitrogen and oxygen atoms in total. The van der Waals surface area contributed by atoms with E-state index in [0.29, 0.717) is 6.42 Å². The maximum Gasteiger partial charge on any atom is 0.442 e. The SMILES string of the molecule is CCC(C)(C)C(=O)OC(c1ccc(C(O)(C(F)(F)F)C(F)(F)F)cc1)(C(F)(F)F)C(F)(F)F.CCC(C)(C)C(=O)OCCOC(=O)CC(C)=O. The van der Waals surface area contributed by atoms with E-state index in [-0.39, 0.29) is 49.9 Å². The highest BCUT2D eigenvalue weighted by atomic mass is 19.4. The minimum Gasteiger partial charge on any atom is -0.462 e. The molecule has 0 unspecified atom stereocenters. The van der Waals surface area contributed by atoms with Gasteiger partial charge in [-0.1, -0.05) is 38.1 Å². The topological polar surface area (TPSA) is 116 Å². The fourth-order valence-electron chi connectivity index (χ4n) is 3.40.